The first-order chi connectivity index (χ1) is 6.45. The van der Waals surface area contributed by atoms with Gasteiger partial charge < -0.3 is 24.0 Å². The molecule has 0 unspecified atom stereocenters. The Hall–Kier alpha value is -0.870. The van der Waals surface area contributed by atoms with Crippen LogP contribution in [0.4, 0.5) is 5.69 Å². The van der Waals surface area contributed by atoms with Crippen molar-refractivity contribution >= 4 is 22.5 Å². The first-order valence-corrected chi connectivity index (χ1v) is 4.48. The molecule has 14 heavy (non-hydrogen) atoms. The van der Waals surface area contributed by atoms with Gasteiger partial charge in [0.25, 0.3) is 0 Å². The van der Waals surface area contributed by atoms with E-state index in [0.717, 1.165) is 0 Å². The lowest BCUT2D eigenvalue weighted by atomic mass is 10.0. The van der Waals surface area contributed by atoms with Crippen LogP contribution in [0.1, 0.15) is 5.56 Å². The summed E-state index contributed by atoms with van der Waals surface area (Å²) in [7, 11) is 0. The molecular formula is C12H10IN. The van der Waals surface area contributed by atoms with Crippen LogP contribution in [0.3, 0.4) is 0 Å². The Morgan fingerprint density at radius 3 is 2.71 bits per heavy atom. The SMILES string of the molecule is C1=Cc2c(ccc3ccccc23)[NH2+]1.[I-]. The smallest absolute Gasteiger partial charge is 0.142 e. The van der Waals surface area contributed by atoms with E-state index >= 15 is 0 Å². The zero-order valence-electron chi connectivity index (χ0n) is 7.57. The van der Waals surface area contributed by atoms with Crippen LogP contribution in [0.2, 0.25) is 0 Å². The maximum Gasteiger partial charge on any atom is 0.142 e. The van der Waals surface area contributed by atoms with Crippen molar-refractivity contribution in [2.24, 2.45) is 0 Å². The van der Waals surface area contributed by atoms with Gasteiger partial charge in [0.05, 0.1) is 6.20 Å². The number of nitrogens with two attached hydrogens (primary N) is 1. The minimum atomic E-state index is 0. The fraction of sp³-hybridized carbons (Fsp3) is 0. The Morgan fingerprint density at radius 2 is 1.79 bits per heavy atom. The first-order valence-electron chi connectivity index (χ1n) is 4.48. The fourth-order valence-electron chi connectivity index (χ4n) is 1.89. The Bertz CT molecular complexity index is 503. The van der Waals surface area contributed by atoms with Gasteiger partial charge in [-0.2, -0.15) is 0 Å². The fourth-order valence-corrected chi connectivity index (χ4v) is 1.89. The van der Waals surface area contributed by atoms with E-state index in [-0.39, 0.29) is 24.0 Å². The molecule has 1 aliphatic rings. The van der Waals surface area contributed by atoms with Gasteiger partial charge in [-0.25, -0.2) is 0 Å². The second-order valence-corrected chi connectivity index (χ2v) is 3.32. The minimum absolute atomic E-state index is 0. The molecule has 1 aliphatic heterocycles. The molecule has 0 aliphatic carbocycles. The molecule has 1 heterocycles. The molecule has 0 atom stereocenters. The molecule has 2 aromatic carbocycles. The third kappa shape index (κ3) is 1.35. The third-order valence-electron chi connectivity index (χ3n) is 2.54. The summed E-state index contributed by atoms with van der Waals surface area (Å²) in [6.45, 7) is 0. The van der Waals surface area contributed by atoms with Crippen molar-refractivity contribution in [1.82, 2.24) is 0 Å². The number of benzene rings is 2. The van der Waals surface area contributed by atoms with Gasteiger partial charge in [-0.3, -0.25) is 5.32 Å². The monoisotopic (exact) mass is 295 g/mol. The van der Waals surface area contributed by atoms with E-state index in [1.54, 1.807) is 0 Å². The van der Waals surface area contributed by atoms with Crippen molar-refractivity contribution in [2.75, 3.05) is 0 Å². The lowest BCUT2D eigenvalue weighted by molar-refractivity contribution is -0.491. The molecule has 0 bridgehead atoms. The lowest BCUT2D eigenvalue weighted by Crippen LogP contribution is -3.00. The van der Waals surface area contributed by atoms with Crippen molar-refractivity contribution in [3.63, 3.8) is 0 Å². The molecule has 0 saturated carbocycles. The van der Waals surface area contributed by atoms with Gasteiger partial charge >= 0.3 is 0 Å². The van der Waals surface area contributed by atoms with E-state index in [0.29, 0.717) is 0 Å². The Labute approximate surface area is 99.8 Å². The third-order valence-corrected chi connectivity index (χ3v) is 2.54. The number of rotatable bonds is 0. The zero-order valence-corrected chi connectivity index (χ0v) is 9.73. The van der Waals surface area contributed by atoms with Crippen molar-refractivity contribution in [3.8, 4) is 0 Å². The summed E-state index contributed by atoms with van der Waals surface area (Å²) < 4.78 is 0. The number of hydrogen-bond acceptors (Lipinski definition) is 0. The van der Waals surface area contributed by atoms with E-state index < -0.39 is 0 Å². The van der Waals surface area contributed by atoms with Crippen LogP contribution in [-0.2, 0) is 0 Å². The van der Waals surface area contributed by atoms with Crippen LogP contribution in [0.5, 0.6) is 0 Å². The van der Waals surface area contributed by atoms with Crippen LogP contribution in [0.15, 0.2) is 42.6 Å². The summed E-state index contributed by atoms with van der Waals surface area (Å²) in [6, 6.07) is 12.9. The maximum absolute atomic E-state index is 2.18. The highest BCUT2D eigenvalue weighted by molar-refractivity contribution is 5.94. The number of halogens is 1. The van der Waals surface area contributed by atoms with E-state index in [4.69, 9.17) is 0 Å². The van der Waals surface area contributed by atoms with Gasteiger partial charge in [-0.05, 0) is 16.8 Å². The average Bonchev–Trinajstić information content (AvgIpc) is 2.65. The highest BCUT2D eigenvalue weighted by Crippen LogP contribution is 2.26. The molecule has 0 aromatic heterocycles. The van der Waals surface area contributed by atoms with Crippen molar-refractivity contribution in [3.05, 3.63) is 48.2 Å². The van der Waals surface area contributed by atoms with Crippen LogP contribution >= 0.6 is 0 Å². The molecule has 0 amide bonds. The molecular weight excluding hydrogens is 285 g/mol. The molecule has 2 heteroatoms. The lowest BCUT2D eigenvalue weighted by Gasteiger charge is -2.00. The molecule has 2 N–H and O–H groups in total. The van der Waals surface area contributed by atoms with Crippen molar-refractivity contribution < 1.29 is 29.3 Å². The summed E-state index contributed by atoms with van der Waals surface area (Å²) in [4.78, 5) is 0. The van der Waals surface area contributed by atoms with Crippen LogP contribution < -0.4 is 29.3 Å². The quantitative estimate of drug-likeness (QED) is 0.475. The second kappa shape index (κ2) is 3.71. The van der Waals surface area contributed by atoms with E-state index in [1.807, 2.05) is 0 Å². The van der Waals surface area contributed by atoms with Crippen LogP contribution in [0.25, 0.3) is 16.8 Å². The number of fused-ring (bicyclic) bond motifs is 3. The molecule has 0 saturated heterocycles. The van der Waals surface area contributed by atoms with Gasteiger partial charge in [-0.1, -0.05) is 24.3 Å². The van der Waals surface area contributed by atoms with Crippen LogP contribution in [0, 0.1) is 0 Å². The molecule has 0 spiro atoms. The summed E-state index contributed by atoms with van der Waals surface area (Å²) in [6.07, 6.45) is 4.29. The predicted molar refractivity (Wildman–Crippen MR) is 54.6 cm³/mol. The van der Waals surface area contributed by atoms with E-state index in [9.17, 15) is 0 Å². The van der Waals surface area contributed by atoms with E-state index in [2.05, 4.69) is 54.0 Å². The summed E-state index contributed by atoms with van der Waals surface area (Å²) in [5.74, 6) is 0. The molecule has 70 valence electrons. The predicted octanol–water partition coefficient (Wildman–Crippen LogP) is -0.977. The number of quaternary nitrogens is 1. The van der Waals surface area contributed by atoms with Gasteiger partial charge in [0.15, 0.2) is 0 Å². The summed E-state index contributed by atoms with van der Waals surface area (Å²) >= 11 is 0. The largest absolute Gasteiger partial charge is 1.00 e. The summed E-state index contributed by atoms with van der Waals surface area (Å²) in [5.41, 5.74) is 2.69. The van der Waals surface area contributed by atoms with Gasteiger partial charge in [-0.15, -0.1) is 0 Å². The topological polar surface area (TPSA) is 16.6 Å². The van der Waals surface area contributed by atoms with Crippen LogP contribution in [-0.4, -0.2) is 0 Å². The zero-order chi connectivity index (χ0) is 8.67. The molecule has 3 rings (SSSR count). The maximum atomic E-state index is 2.18. The molecule has 0 fully saturated rings. The highest BCUT2D eigenvalue weighted by Gasteiger charge is 2.11. The standard InChI is InChI=1S/C12H9N.HI/c1-2-4-10-9(3-1)5-6-12-11(10)7-8-13-12;/h1-8,13H;1H. The van der Waals surface area contributed by atoms with Gasteiger partial charge in [0.2, 0.25) is 0 Å². The molecule has 2 aromatic rings. The molecule has 1 nitrogen and oxygen atoms in total. The van der Waals surface area contributed by atoms with Crippen molar-refractivity contribution in [2.45, 2.75) is 0 Å². The highest BCUT2D eigenvalue weighted by atomic mass is 127. The summed E-state index contributed by atoms with van der Waals surface area (Å²) in [5, 5.41) is 4.83. The van der Waals surface area contributed by atoms with Gasteiger partial charge in [0, 0.05) is 17.7 Å². The average molecular weight is 295 g/mol. The van der Waals surface area contributed by atoms with Gasteiger partial charge in [0.1, 0.15) is 5.69 Å². The first kappa shape index (κ1) is 9.68. The second-order valence-electron chi connectivity index (χ2n) is 3.32. The normalized spacial score (nSPS) is 12.6. The van der Waals surface area contributed by atoms with E-state index in [1.165, 1.54) is 22.0 Å². The Morgan fingerprint density at radius 1 is 0.929 bits per heavy atom. The number of hydrogen-bond donors (Lipinski definition) is 1. The van der Waals surface area contributed by atoms with Crippen molar-refractivity contribution in [1.29, 1.82) is 0 Å². The Balaban J connectivity index is 0.000000750. The minimum Gasteiger partial charge on any atom is -1.00 e. The Kier molecular flexibility index (Phi) is 2.56. The molecule has 0 radical (unpaired) electrons.